The van der Waals surface area contributed by atoms with E-state index < -0.39 is 5.82 Å². The highest BCUT2D eigenvalue weighted by atomic mass is 19.1. The molecule has 4 heteroatoms. The van der Waals surface area contributed by atoms with Gasteiger partial charge in [-0.05, 0) is 31.5 Å². The highest BCUT2D eigenvalue weighted by molar-refractivity contribution is 5.96. The number of aliphatic hydroxyl groups excluding tert-OH is 1. The van der Waals surface area contributed by atoms with E-state index in [0.717, 1.165) is 19.3 Å². The zero-order valence-electron chi connectivity index (χ0n) is 11.9. The lowest BCUT2D eigenvalue weighted by molar-refractivity contribution is 0.0937. The predicted molar refractivity (Wildman–Crippen MR) is 76.8 cm³/mol. The summed E-state index contributed by atoms with van der Waals surface area (Å²) < 4.78 is 13.2. The summed E-state index contributed by atoms with van der Waals surface area (Å²) in [6, 6.07) is 3.91. The number of benzene rings is 1. The summed E-state index contributed by atoms with van der Waals surface area (Å²) >= 11 is 0. The maximum Gasteiger partial charge on any atom is 0.252 e. The van der Waals surface area contributed by atoms with Crippen LogP contribution in [0, 0.1) is 17.7 Å². The van der Waals surface area contributed by atoms with Crippen molar-refractivity contribution in [2.45, 2.75) is 39.2 Å². The van der Waals surface area contributed by atoms with Crippen molar-refractivity contribution in [3.05, 3.63) is 35.1 Å². The van der Waals surface area contributed by atoms with E-state index in [0.29, 0.717) is 11.1 Å². The van der Waals surface area contributed by atoms with Crippen LogP contribution in [-0.4, -0.2) is 23.7 Å². The second-order valence-corrected chi connectivity index (χ2v) is 4.67. The molecule has 20 heavy (non-hydrogen) atoms. The minimum absolute atomic E-state index is 0.0613. The van der Waals surface area contributed by atoms with Gasteiger partial charge >= 0.3 is 0 Å². The number of unbranched alkanes of at least 4 members (excludes halogenated alkanes) is 1. The molecular formula is C16H20FNO2. The number of nitrogens with one attached hydrogen (secondary N) is 1. The Hall–Kier alpha value is -1.86. The van der Waals surface area contributed by atoms with Gasteiger partial charge in [0.1, 0.15) is 12.4 Å². The molecule has 0 aliphatic carbocycles. The Morgan fingerprint density at radius 1 is 1.50 bits per heavy atom. The Kier molecular flexibility index (Phi) is 6.75. The lowest BCUT2D eigenvalue weighted by Gasteiger charge is -2.14. The van der Waals surface area contributed by atoms with Gasteiger partial charge in [0, 0.05) is 11.6 Å². The minimum Gasteiger partial charge on any atom is -0.384 e. The standard InChI is InChI=1S/C16H20FNO2/c1-3-4-6-12(2)18-16(20)15-9-8-14(17)11-13(15)7-5-10-19/h8-9,11-12,19H,3-4,6,10H2,1-2H3,(H,18,20). The van der Waals surface area contributed by atoms with E-state index in [2.05, 4.69) is 24.1 Å². The third kappa shape index (κ3) is 5.02. The first-order valence-corrected chi connectivity index (χ1v) is 6.78. The van der Waals surface area contributed by atoms with Gasteiger partial charge in [-0.3, -0.25) is 4.79 Å². The van der Waals surface area contributed by atoms with E-state index >= 15 is 0 Å². The fraction of sp³-hybridized carbons (Fsp3) is 0.438. The van der Waals surface area contributed by atoms with Crippen molar-refractivity contribution in [2.24, 2.45) is 0 Å². The molecule has 0 spiro atoms. The van der Waals surface area contributed by atoms with E-state index in [1.54, 1.807) is 0 Å². The van der Waals surface area contributed by atoms with Gasteiger partial charge in [0.2, 0.25) is 0 Å². The SMILES string of the molecule is CCCCC(C)NC(=O)c1ccc(F)cc1C#CCO. The largest absolute Gasteiger partial charge is 0.384 e. The van der Waals surface area contributed by atoms with Gasteiger partial charge < -0.3 is 10.4 Å². The second kappa shape index (κ2) is 8.34. The van der Waals surface area contributed by atoms with Crippen molar-refractivity contribution in [2.75, 3.05) is 6.61 Å². The van der Waals surface area contributed by atoms with Crippen LogP contribution in [0.25, 0.3) is 0 Å². The molecule has 1 atom stereocenters. The molecular weight excluding hydrogens is 257 g/mol. The third-order valence-electron chi connectivity index (χ3n) is 2.90. The number of hydrogen-bond acceptors (Lipinski definition) is 2. The number of amides is 1. The van der Waals surface area contributed by atoms with Crippen molar-refractivity contribution >= 4 is 5.91 Å². The summed E-state index contributed by atoms with van der Waals surface area (Å²) in [4.78, 5) is 12.1. The molecule has 1 aromatic rings. The summed E-state index contributed by atoms with van der Waals surface area (Å²) in [5, 5.41) is 11.6. The molecule has 1 aromatic carbocycles. The van der Waals surface area contributed by atoms with E-state index in [4.69, 9.17) is 5.11 Å². The summed E-state index contributed by atoms with van der Waals surface area (Å²) in [6.07, 6.45) is 3.02. The number of carbonyl (C=O) groups is 1. The monoisotopic (exact) mass is 277 g/mol. The van der Waals surface area contributed by atoms with Crippen molar-refractivity contribution in [3.63, 3.8) is 0 Å². The van der Waals surface area contributed by atoms with Gasteiger partial charge in [0.15, 0.2) is 0 Å². The Morgan fingerprint density at radius 3 is 2.90 bits per heavy atom. The van der Waals surface area contributed by atoms with Crippen LogP contribution in [0.5, 0.6) is 0 Å². The van der Waals surface area contributed by atoms with Crippen LogP contribution in [0.1, 0.15) is 49.0 Å². The molecule has 2 N–H and O–H groups in total. The van der Waals surface area contributed by atoms with E-state index in [-0.39, 0.29) is 18.6 Å². The van der Waals surface area contributed by atoms with Crippen molar-refractivity contribution in [1.82, 2.24) is 5.32 Å². The zero-order chi connectivity index (χ0) is 15.0. The molecule has 0 heterocycles. The molecule has 0 fully saturated rings. The van der Waals surface area contributed by atoms with Gasteiger partial charge in [-0.15, -0.1) is 0 Å². The number of rotatable bonds is 5. The average Bonchev–Trinajstić information content (AvgIpc) is 2.42. The van der Waals surface area contributed by atoms with Crippen LogP contribution in [0.3, 0.4) is 0 Å². The highest BCUT2D eigenvalue weighted by Gasteiger charge is 2.13. The van der Waals surface area contributed by atoms with E-state index in [1.165, 1.54) is 18.2 Å². The van der Waals surface area contributed by atoms with Crippen LogP contribution in [-0.2, 0) is 0 Å². The molecule has 3 nitrogen and oxygen atoms in total. The molecule has 0 saturated heterocycles. The Labute approximate surface area is 119 Å². The maximum atomic E-state index is 13.2. The molecule has 1 rings (SSSR count). The molecule has 0 aliphatic rings. The lowest BCUT2D eigenvalue weighted by atomic mass is 10.1. The van der Waals surface area contributed by atoms with Crippen LogP contribution >= 0.6 is 0 Å². The highest BCUT2D eigenvalue weighted by Crippen LogP contribution is 2.11. The molecule has 108 valence electrons. The first-order chi connectivity index (χ1) is 9.58. The minimum atomic E-state index is -0.456. The normalized spacial score (nSPS) is 11.4. The molecule has 0 radical (unpaired) electrons. The van der Waals surface area contributed by atoms with Crippen LogP contribution in [0.15, 0.2) is 18.2 Å². The van der Waals surface area contributed by atoms with Gasteiger partial charge in [-0.25, -0.2) is 4.39 Å². The summed E-state index contributed by atoms with van der Waals surface area (Å²) in [6.45, 7) is 3.71. The first-order valence-electron chi connectivity index (χ1n) is 6.78. The molecule has 0 aliphatic heterocycles. The van der Waals surface area contributed by atoms with Crippen LogP contribution in [0.4, 0.5) is 4.39 Å². The van der Waals surface area contributed by atoms with Crippen LogP contribution in [0.2, 0.25) is 0 Å². The van der Waals surface area contributed by atoms with Crippen molar-refractivity contribution < 1.29 is 14.3 Å². The second-order valence-electron chi connectivity index (χ2n) is 4.67. The van der Waals surface area contributed by atoms with E-state index in [1.807, 2.05) is 6.92 Å². The number of halogens is 1. The maximum absolute atomic E-state index is 13.2. The fourth-order valence-corrected chi connectivity index (χ4v) is 1.84. The van der Waals surface area contributed by atoms with Crippen LogP contribution < -0.4 is 5.32 Å². The Balaban J connectivity index is 2.86. The summed E-state index contributed by atoms with van der Waals surface area (Å²) in [5.74, 6) is 4.31. The smallest absolute Gasteiger partial charge is 0.252 e. The molecule has 0 saturated carbocycles. The quantitative estimate of drug-likeness (QED) is 0.812. The molecule has 0 aromatic heterocycles. The van der Waals surface area contributed by atoms with Gasteiger partial charge in [0.25, 0.3) is 5.91 Å². The van der Waals surface area contributed by atoms with Gasteiger partial charge in [-0.2, -0.15) is 0 Å². The average molecular weight is 277 g/mol. The fourth-order valence-electron chi connectivity index (χ4n) is 1.84. The first kappa shape index (κ1) is 16.2. The molecule has 1 unspecified atom stereocenters. The number of aliphatic hydroxyl groups is 1. The Bertz CT molecular complexity index is 517. The predicted octanol–water partition coefficient (Wildman–Crippen LogP) is 2.48. The Morgan fingerprint density at radius 2 is 2.25 bits per heavy atom. The molecule has 0 bridgehead atoms. The van der Waals surface area contributed by atoms with Gasteiger partial charge in [0.05, 0.1) is 5.56 Å². The van der Waals surface area contributed by atoms with Gasteiger partial charge in [-0.1, -0.05) is 31.6 Å². The zero-order valence-corrected chi connectivity index (χ0v) is 11.9. The lowest BCUT2D eigenvalue weighted by Crippen LogP contribution is -2.33. The topological polar surface area (TPSA) is 49.3 Å². The van der Waals surface area contributed by atoms with Crippen molar-refractivity contribution in [1.29, 1.82) is 0 Å². The number of hydrogen-bond donors (Lipinski definition) is 2. The number of carbonyl (C=O) groups excluding carboxylic acids is 1. The van der Waals surface area contributed by atoms with Crippen molar-refractivity contribution in [3.8, 4) is 11.8 Å². The molecule has 1 amide bonds. The third-order valence-corrected chi connectivity index (χ3v) is 2.90. The van der Waals surface area contributed by atoms with E-state index in [9.17, 15) is 9.18 Å². The summed E-state index contributed by atoms with van der Waals surface area (Å²) in [7, 11) is 0. The summed E-state index contributed by atoms with van der Waals surface area (Å²) in [5.41, 5.74) is 0.620.